The van der Waals surface area contributed by atoms with Gasteiger partial charge in [0.1, 0.15) is 5.75 Å². The normalized spacial score (nSPS) is 17.4. The van der Waals surface area contributed by atoms with E-state index in [1.54, 1.807) is 31.0 Å². The molecule has 2 amide bonds. The molecular weight excluding hydrogens is 452 g/mol. The van der Waals surface area contributed by atoms with E-state index in [1.807, 2.05) is 43.3 Å². The SMILES string of the molecule is CCC1=C(C(=O)OC)C(c2cccc(NC(=O)Nc3ccccc3OC)c2)N2CCCSC2=N1. The van der Waals surface area contributed by atoms with Gasteiger partial charge in [-0.2, -0.15) is 0 Å². The summed E-state index contributed by atoms with van der Waals surface area (Å²) in [6.45, 7) is 2.78. The molecular formula is C25H28N4O4S. The number of nitrogens with zero attached hydrogens (tertiary/aromatic N) is 2. The van der Waals surface area contributed by atoms with E-state index >= 15 is 0 Å². The lowest BCUT2D eigenvalue weighted by Crippen LogP contribution is -2.42. The first-order chi connectivity index (χ1) is 16.5. The van der Waals surface area contributed by atoms with Crippen LogP contribution in [0.15, 0.2) is 64.8 Å². The van der Waals surface area contributed by atoms with Crippen LogP contribution in [0.3, 0.4) is 0 Å². The fourth-order valence-corrected chi connectivity index (χ4v) is 5.17. The molecule has 9 heteroatoms. The van der Waals surface area contributed by atoms with Gasteiger partial charge < -0.3 is 25.0 Å². The second-order valence-corrected chi connectivity index (χ2v) is 8.86. The molecule has 8 nitrogen and oxygen atoms in total. The van der Waals surface area contributed by atoms with E-state index in [0.29, 0.717) is 29.1 Å². The highest BCUT2D eigenvalue weighted by Gasteiger charge is 2.38. The number of benzene rings is 2. The zero-order valence-corrected chi connectivity index (χ0v) is 20.3. The van der Waals surface area contributed by atoms with Crippen LogP contribution >= 0.6 is 11.8 Å². The quantitative estimate of drug-likeness (QED) is 0.564. The van der Waals surface area contributed by atoms with Gasteiger partial charge in [-0.25, -0.2) is 14.6 Å². The van der Waals surface area contributed by atoms with Gasteiger partial charge in [0.2, 0.25) is 0 Å². The minimum absolute atomic E-state index is 0.332. The Morgan fingerprint density at radius 2 is 1.97 bits per heavy atom. The number of rotatable bonds is 6. The van der Waals surface area contributed by atoms with Crippen molar-refractivity contribution in [3.05, 3.63) is 65.4 Å². The van der Waals surface area contributed by atoms with Crippen molar-refractivity contribution in [2.75, 3.05) is 37.2 Å². The summed E-state index contributed by atoms with van der Waals surface area (Å²) in [5.74, 6) is 1.19. The van der Waals surface area contributed by atoms with Crippen molar-refractivity contribution >= 4 is 40.3 Å². The third kappa shape index (κ3) is 4.89. The van der Waals surface area contributed by atoms with Crippen LogP contribution in [-0.4, -0.2) is 48.6 Å². The van der Waals surface area contributed by atoms with Gasteiger partial charge in [-0.05, 0) is 42.7 Å². The lowest BCUT2D eigenvalue weighted by Gasteiger charge is -2.40. The number of para-hydroxylation sites is 2. The molecule has 2 aliphatic heterocycles. The highest BCUT2D eigenvalue weighted by molar-refractivity contribution is 8.13. The number of thioether (sulfide) groups is 1. The summed E-state index contributed by atoms with van der Waals surface area (Å²) in [5.41, 5.74) is 3.36. The molecule has 0 aromatic heterocycles. The molecule has 1 fully saturated rings. The Labute approximate surface area is 203 Å². The Bertz CT molecular complexity index is 1150. The molecule has 2 aromatic carbocycles. The Kier molecular flexibility index (Phi) is 7.42. The number of carbonyl (C=O) groups excluding carboxylic acids is 2. The highest BCUT2D eigenvalue weighted by Crippen LogP contribution is 2.41. The van der Waals surface area contributed by atoms with Gasteiger partial charge in [0.15, 0.2) is 5.17 Å². The molecule has 2 aromatic rings. The monoisotopic (exact) mass is 480 g/mol. The van der Waals surface area contributed by atoms with Gasteiger partial charge in [0, 0.05) is 18.0 Å². The summed E-state index contributed by atoms with van der Waals surface area (Å²) < 4.78 is 10.4. The molecule has 0 radical (unpaired) electrons. The van der Waals surface area contributed by atoms with Crippen molar-refractivity contribution in [1.82, 2.24) is 4.90 Å². The Morgan fingerprint density at radius 3 is 2.74 bits per heavy atom. The van der Waals surface area contributed by atoms with E-state index in [1.165, 1.54) is 7.11 Å². The average Bonchev–Trinajstić information content (AvgIpc) is 2.87. The van der Waals surface area contributed by atoms with Gasteiger partial charge in [0.25, 0.3) is 0 Å². The number of fused-ring (bicyclic) bond motifs is 1. The second kappa shape index (κ2) is 10.6. The largest absolute Gasteiger partial charge is 0.495 e. The van der Waals surface area contributed by atoms with Gasteiger partial charge in [-0.1, -0.05) is 43.0 Å². The van der Waals surface area contributed by atoms with Crippen molar-refractivity contribution in [3.63, 3.8) is 0 Å². The fourth-order valence-electron chi connectivity index (χ4n) is 4.18. The summed E-state index contributed by atoms with van der Waals surface area (Å²) in [5, 5.41) is 6.62. The first kappa shape index (κ1) is 23.7. The van der Waals surface area contributed by atoms with E-state index < -0.39 is 0 Å². The minimum atomic E-state index is -0.390. The minimum Gasteiger partial charge on any atom is -0.495 e. The van der Waals surface area contributed by atoms with Crippen LogP contribution in [-0.2, 0) is 9.53 Å². The van der Waals surface area contributed by atoms with Crippen LogP contribution in [0.5, 0.6) is 5.75 Å². The summed E-state index contributed by atoms with van der Waals surface area (Å²) in [7, 11) is 2.95. The third-order valence-corrected chi connectivity index (χ3v) is 6.78. The number of allylic oxidation sites excluding steroid dienone is 1. The van der Waals surface area contributed by atoms with E-state index in [2.05, 4.69) is 15.5 Å². The number of amidine groups is 1. The number of anilines is 2. The topological polar surface area (TPSA) is 92.3 Å². The van der Waals surface area contributed by atoms with Crippen LogP contribution in [0.2, 0.25) is 0 Å². The second-order valence-electron chi connectivity index (χ2n) is 7.80. The number of esters is 1. The molecule has 0 spiro atoms. The summed E-state index contributed by atoms with van der Waals surface area (Å²) in [6, 6.07) is 14.0. The lowest BCUT2D eigenvalue weighted by molar-refractivity contribution is -0.136. The smallest absolute Gasteiger partial charge is 0.338 e. The van der Waals surface area contributed by atoms with E-state index in [-0.39, 0.29) is 18.0 Å². The van der Waals surface area contributed by atoms with Crippen molar-refractivity contribution < 1.29 is 19.1 Å². The Balaban J connectivity index is 1.63. The zero-order chi connectivity index (χ0) is 24.1. The highest BCUT2D eigenvalue weighted by atomic mass is 32.2. The zero-order valence-electron chi connectivity index (χ0n) is 19.5. The lowest BCUT2D eigenvalue weighted by atomic mass is 9.93. The fraction of sp³-hybridized carbons (Fsp3) is 0.320. The van der Waals surface area contributed by atoms with Gasteiger partial charge in [-0.15, -0.1) is 0 Å². The number of hydrogen-bond donors (Lipinski definition) is 2. The maximum atomic E-state index is 12.8. The van der Waals surface area contributed by atoms with Gasteiger partial charge >= 0.3 is 12.0 Å². The molecule has 2 heterocycles. The summed E-state index contributed by atoms with van der Waals surface area (Å²) in [4.78, 5) is 32.5. The van der Waals surface area contributed by atoms with Crippen LogP contribution in [0, 0.1) is 0 Å². The standard InChI is InChI=1S/C25H28N4O4S/c1-4-18-21(23(30)33-3)22(29-13-8-14-34-25(29)28-18)16-9-7-10-17(15-16)26-24(31)27-19-11-5-6-12-20(19)32-2/h5-7,9-12,15,22H,4,8,13-14H2,1-3H3,(H2,26,27,31). The van der Waals surface area contributed by atoms with E-state index in [4.69, 9.17) is 14.5 Å². The number of methoxy groups -OCH3 is 2. The van der Waals surface area contributed by atoms with Crippen molar-refractivity contribution in [2.45, 2.75) is 25.8 Å². The van der Waals surface area contributed by atoms with E-state index in [0.717, 1.165) is 35.1 Å². The molecule has 0 saturated carbocycles. The predicted octanol–water partition coefficient (Wildman–Crippen LogP) is 5.03. The first-order valence-electron chi connectivity index (χ1n) is 11.2. The number of urea groups is 1. The maximum Gasteiger partial charge on any atom is 0.338 e. The van der Waals surface area contributed by atoms with Crippen molar-refractivity contribution in [2.24, 2.45) is 4.99 Å². The average molecular weight is 481 g/mol. The molecule has 1 atom stereocenters. The first-order valence-corrected chi connectivity index (χ1v) is 12.1. The number of aliphatic imine (C=N–C) groups is 1. The molecule has 4 rings (SSSR count). The molecule has 34 heavy (non-hydrogen) atoms. The number of amides is 2. The molecule has 0 bridgehead atoms. The van der Waals surface area contributed by atoms with Crippen LogP contribution in [0.25, 0.3) is 0 Å². The molecule has 2 N–H and O–H groups in total. The van der Waals surface area contributed by atoms with Gasteiger partial charge in [-0.3, -0.25) is 0 Å². The van der Waals surface area contributed by atoms with Crippen LogP contribution in [0.1, 0.15) is 31.4 Å². The predicted molar refractivity (Wildman–Crippen MR) is 135 cm³/mol. The summed E-state index contributed by atoms with van der Waals surface area (Å²) >= 11 is 1.70. The van der Waals surface area contributed by atoms with Crippen LogP contribution in [0.4, 0.5) is 16.2 Å². The Morgan fingerprint density at radius 1 is 1.15 bits per heavy atom. The molecule has 1 saturated heterocycles. The Hall–Kier alpha value is -3.46. The number of carbonyl (C=O) groups is 2. The van der Waals surface area contributed by atoms with E-state index in [9.17, 15) is 9.59 Å². The molecule has 0 aliphatic carbocycles. The summed E-state index contributed by atoms with van der Waals surface area (Å²) in [6.07, 6.45) is 1.62. The number of nitrogens with one attached hydrogen (secondary N) is 2. The van der Waals surface area contributed by atoms with Crippen molar-refractivity contribution in [3.8, 4) is 5.75 Å². The molecule has 1 unspecified atom stereocenters. The molecule has 2 aliphatic rings. The van der Waals surface area contributed by atoms with Crippen LogP contribution < -0.4 is 15.4 Å². The molecule has 178 valence electrons. The van der Waals surface area contributed by atoms with Gasteiger partial charge in [0.05, 0.1) is 37.2 Å². The number of ether oxygens (including phenoxy) is 2. The van der Waals surface area contributed by atoms with Crippen molar-refractivity contribution in [1.29, 1.82) is 0 Å². The third-order valence-electron chi connectivity index (χ3n) is 5.70. The maximum absolute atomic E-state index is 12.8. The number of hydrogen-bond acceptors (Lipinski definition) is 7.